The van der Waals surface area contributed by atoms with Gasteiger partial charge in [-0.25, -0.2) is 0 Å². The maximum Gasteiger partial charge on any atom is 0.220 e. The van der Waals surface area contributed by atoms with E-state index in [0.717, 1.165) is 32.1 Å². The summed E-state index contributed by atoms with van der Waals surface area (Å²) < 4.78 is 0. The molecule has 0 heterocycles. The predicted molar refractivity (Wildman–Crippen MR) is 301 cm³/mol. The van der Waals surface area contributed by atoms with Crippen molar-refractivity contribution in [2.75, 3.05) is 6.61 Å². The molecule has 0 aromatic heterocycles. The zero-order valence-electron chi connectivity index (χ0n) is 46.8. The van der Waals surface area contributed by atoms with E-state index in [9.17, 15) is 20.1 Å². The van der Waals surface area contributed by atoms with Gasteiger partial charge in [0.1, 0.15) is 6.10 Å². The molecule has 1 amide bonds. The SMILES string of the molecule is CCCCCCCCCCCCCCCCCCCCCCCCCCCCCCCCCCCCCC(=O)NC(CO)C(O)C(O)CCCCCCCCCCCCCCCCCCCCC. The highest BCUT2D eigenvalue weighted by Gasteiger charge is 2.26. The quantitative estimate of drug-likeness (QED) is 0.0457. The number of nitrogens with one attached hydrogen (secondary N) is 1. The van der Waals surface area contributed by atoms with E-state index in [1.165, 1.54) is 315 Å². The molecule has 0 aromatic carbocycles. The fourth-order valence-electron chi connectivity index (χ4n) is 10.6. The summed E-state index contributed by atoms with van der Waals surface area (Å²) in [6, 6.07) is -0.805. The number of unbranched alkanes of at least 4 members (excludes halogenated alkanes) is 52. The van der Waals surface area contributed by atoms with E-state index in [2.05, 4.69) is 19.2 Å². The highest BCUT2D eigenvalue weighted by Crippen LogP contribution is 2.19. The lowest BCUT2D eigenvalue weighted by molar-refractivity contribution is -0.124. The Labute approximate surface area is 427 Å². The fourth-order valence-corrected chi connectivity index (χ4v) is 10.6. The summed E-state index contributed by atoms with van der Waals surface area (Å²) in [6.07, 6.45) is 73.0. The number of hydrogen-bond acceptors (Lipinski definition) is 4. The monoisotopic (exact) mass is 962 g/mol. The van der Waals surface area contributed by atoms with E-state index in [4.69, 9.17) is 0 Å². The third kappa shape index (κ3) is 53.2. The van der Waals surface area contributed by atoms with Crippen LogP contribution in [0, 0.1) is 0 Å². The predicted octanol–water partition coefficient (Wildman–Crippen LogP) is 20.1. The summed E-state index contributed by atoms with van der Waals surface area (Å²) in [5.41, 5.74) is 0. The van der Waals surface area contributed by atoms with Crippen molar-refractivity contribution in [2.45, 2.75) is 392 Å². The summed E-state index contributed by atoms with van der Waals surface area (Å²) in [5, 5.41) is 33.8. The molecule has 0 saturated carbocycles. The molecule has 0 aliphatic carbocycles. The smallest absolute Gasteiger partial charge is 0.220 e. The molecule has 5 nitrogen and oxygen atoms in total. The third-order valence-corrected chi connectivity index (χ3v) is 15.5. The molecule has 408 valence electrons. The molecule has 0 rings (SSSR count). The van der Waals surface area contributed by atoms with Crippen LogP contribution in [0.1, 0.15) is 373 Å². The molecule has 0 aromatic rings. The highest BCUT2D eigenvalue weighted by molar-refractivity contribution is 5.76. The Hall–Kier alpha value is -0.650. The van der Waals surface area contributed by atoms with E-state index in [1.807, 2.05) is 0 Å². The average Bonchev–Trinajstić information content (AvgIpc) is 3.34. The van der Waals surface area contributed by atoms with Crippen molar-refractivity contribution in [1.29, 1.82) is 0 Å². The minimum absolute atomic E-state index is 0.134. The van der Waals surface area contributed by atoms with Crippen molar-refractivity contribution in [3.05, 3.63) is 0 Å². The van der Waals surface area contributed by atoms with Crippen LogP contribution < -0.4 is 5.32 Å². The van der Waals surface area contributed by atoms with Crippen LogP contribution in [0.3, 0.4) is 0 Å². The van der Waals surface area contributed by atoms with Crippen LogP contribution in [-0.2, 0) is 4.79 Å². The van der Waals surface area contributed by atoms with Crippen LogP contribution in [0.15, 0.2) is 0 Å². The van der Waals surface area contributed by atoms with Crippen LogP contribution in [0.2, 0.25) is 0 Å². The van der Waals surface area contributed by atoms with Gasteiger partial charge in [-0.15, -0.1) is 0 Å². The summed E-state index contributed by atoms with van der Waals surface area (Å²) in [5.74, 6) is -0.134. The van der Waals surface area contributed by atoms with Crippen molar-refractivity contribution in [3.8, 4) is 0 Å². The molecular formula is C63H127NO4. The number of aliphatic hydroxyl groups is 3. The zero-order valence-corrected chi connectivity index (χ0v) is 46.8. The summed E-state index contributed by atoms with van der Waals surface area (Å²) in [7, 11) is 0. The highest BCUT2D eigenvalue weighted by atomic mass is 16.3. The molecule has 68 heavy (non-hydrogen) atoms. The molecule has 0 fully saturated rings. The van der Waals surface area contributed by atoms with Crippen LogP contribution >= 0.6 is 0 Å². The van der Waals surface area contributed by atoms with Gasteiger partial charge in [-0.05, 0) is 12.8 Å². The second-order valence-electron chi connectivity index (χ2n) is 22.3. The first-order valence-corrected chi connectivity index (χ1v) is 31.8. The first-order valence-electron chi connectivity index (χ1n) is 31.8. The lowest BCUT2D eigenvalue weighted by atomic mass is 9.99. The molecule has 0 radical (unpaired) electrons. The molecule has 4 N–H and O–H groups in total. The van der Waals surface area contributed by atoms with Gasteiger partial charge in [0, 0.05) is 6.42 Å². The first-order chi connectivity index (χ1) is 33.6. The average molecular weight is 963 g/mol. The molecular weight excluding hydrogens is 835 g/mol. The van der Waals surface area contributed by atoms with E-state index in [-0.39, 0.29) is 12.5 Å². The Kier molecular flexibility index (Phi) is 58.4. The van der Waals surface area contributed by atoms with E-state index >= 15 is 0 Å². The largest absolute Gasteiger partial charge is 0.394 e. The standard InChI is InChI=1S/C63H127NO4/c1-3-5-7-9-11-13-15-17-19-21-23-24-25-26-27-28-29-30-31-32-33-34-35-36-37-38-40-42-44-46-48-50-52-54-56-58-62(67)64-60(59-65)63(68)61(66)57-55-53-51-49-47-45-43-41-39-22-20-18-16-14-12-10-8-6-4-2/h60-61,63,65-66,68H,3-59H2,1-2H3,(H,64,67). The Morgan fingerprint density at radius 3 is 0.706 bits per heavy atom. The van der Waals surface area contributed by atoms with Gasteiger partial charge in [0.25, 0.3) is 0 Å². The van der Waals surface area contributed by atoms with Crippen molar-refractivity contribution < 1.29 is 20.1 Å². The summed E-state index contributed by atoms with van der Waals surface area (Å²) >= 11 is 0. The third-order valence-electron chi connectivity index (χ3n) is 15.5. The number of carbonyl (C=O) groups excluding carboxylic acids is 1. The van der Waals surface area contributed by atoms with Crippen LogP contribution in [0.25, 0.3) is 0 Å². The zero-order chi connectivity index (χ0) is 49.3. The minimum atomic E-state index is -1.13. The lowest BCUT2D eigenvalue weighted by Gasteiger charge is -2.26. The molecule has 0 bridgehead atoms. The van der Waals surface area contributed by atoms with E-state index < -0.39 is 18.2 Å². The fraction of sp³-hybridized carbons (Fsp3) is 0.984. The van der Waals surface area contributed by atoms with Gasteiger partial charge in [0.15, 0.2) is 0 Å². The van der Waals surface area contributed by atoms with Crippen LogP contribution in [0.5, 0.6) is 0 Å². The molecule has 0 aliphatic rings. The van der Waals surface area contributed by atoms with Gasteiger partial charge in [-0.1, -0.05) is 354 Å². The van der Waals surface area contributed by atoms with Gasteiger partial charge in [-0.3, -0.25) is 4.79 Å². The van der Waals surface area contributed by atoms with Crippen molar-refractivity contribution >= 4 is 5.91 Å². The molecule has 3 atom stereocenters. The Morgan fingerprint density at radius 2 is 0.500 bits per heavy atom. The Bertz CT molecular complexity index is 929. The second kappa shape index (κ2) is 58.9. The van der Waals surface area contributed by atoms with Gasteiger partial charge in [0.05, 0.1) is 18.8 Å². The number of hydrogen-bond donors (Lipinski definition) is 4. The van der Waals surface area contributed by atoms with Crippen molar-refractivity contribution in [2.24, 2.45) is 0 Å². The van der Waals surface area contributed by atoms with Crippen molar-refractivity contribution in [1.82, 2.24) is 5.32 Å². The maximum atomic E-state index is 12.5. The van der Waals surface area contributed by atoms with Gasteiger partial charge in [-0.2, -0.15) is 0 Å². The van der Waals surface area contributed by atoms with Gasteiger partial charge >= 0.3 is 0 Å². The Morgan fingerprint density at radius 1 is 0.309 bits per heavy atom. The second-order valence-corrected chi connectivity index (χ2v) is 22.3. The normalized spacial score (nSPS) is 13.1. The number of carbonyl (C=O) groups is 1. The molecule has 5 heteroatoms. The lowest BCUT2D eigenvalue weighted by Crippen LogP contribution is -2.50. The molecule has 0 saturated heterocycles. The van der Waals surface area contributed by atoms with Crippen LogP contribution in [-0.4, -0.2) is 46.1 Å². The number of rotatable bonds is 60. The maximum absolute atomic E-state index is 12.5. The minimum Gasteiger partial charge on any atom is -0.394 e. The number of amides is 1. The van der Waals surface area contributed by atoms with Gasteiger partial charge < -0.3 is 20.6 Å². The summed E-state index contributed by atoms with van der Waals surface area (Å²) in [6.45, 7) is 4.23. The first kappa shape index (κ1) is 67.3. The molecule has 0 aliphatic heterocycles. The van der Waals surface area contributed by atoms with Gasteiger partial charge in [0.2, 0.25) is 5.91 Å². The van der Waals surface area contributed by atoms with Crippen LogP contribution in [0.4, 0.5) is 0 Å². The summed E-state index contributed by atoms with van der Waals surface area (Å²) in [4.78, 5) is 12.5. The molecule has 3 unspecified atom stereocenters. The van der Waals surface area contributed by atoms with E-state index in [0.29, 0.717) is 12.8 Å². The number of aliphatic hydroxyl groups excluding tert-OH is 3. The van der Waals surface area contributed by atoms with E-state index in [1.54, 1.807) is 0 Å². The van der Waals surface area contributed by atoms with Crippen molar-refractivity contribution in [3.63, 3.8) is 0 Å². The Balaban J connectivity index is 3.42. The topological polar surface area (TPSA) is 89.8 Å². The molecule has 0 spiro atoms.